The molecule has 1 unspecified atom stereocenters. The van der Waals surface area contributed by atoms with E-state index in [4.69, 9.17) is 0 Å². The summed E-state index contributed by atoms with van der Waals surface area (Å²) in [6.45, 7) is 6.71. The van der Waals surface area contributed by atoms with Crippen LogP contribution >= 0.6 is 0 Å². The van der Waals surface area contributed by atoms with E-state index in [0.29, 0.717) is 12.1 Å². The second-order valence-corrected chi connectivity index (χ2v) is 4.57. The van der Waals surface area contributed by atoms with Crippen LogP contribution in [0.3, 0.4) is 0 Å². The summed E-state index contributed by atoms with van der Waals surface area (Å²) in [5.41, 5.74) is 1.27. The number of pyridine rings is 1. The molecule has 1 rings (SSSR count). The highest BCUT2D eigenvalue weighted by molar-refractivity contribution is 5.12. The van der Waals surface area contributed by atoms with Crippen molar-refractivity contribution in [2.45, 2.75) is 58.5 Å². The van der Waals surface area contributed by atoms with Gasteiger partial charge < -0.3 is 5.32 Å². The third kappa shape index (κ3) is 4.75. The molecule has 1 N–H and O–H groups in total. The van der Waals surface area contributed by atoms with Crippen LogP contribution in [0.5, 0.6) is 0 Å². The molecule has 0 aliphatic heterocycles. The lowest BCUT2D eigenvalue weighted by Crippen LogP contribution is -2.28. The van der Waals surface area contributed by atoms with Gasteiger partial charge in [-0.05, 0) is 31.9 Å². The van der Waals surface area contributed by atoms with Gasteiger partial charge in [-0.25, -0.2) is 0 Å². The maximum atomic E-state index is 4.15. The Hall–Kier alpha value is -0.890. The zero-order valence-electron chi connectivity index (χ0n) is 10.7. The van der Waals surface area contributed by atoms with Crippen LogP contribution in [0, 0.1) is 0 Å². The standard InChI is InChI=1S/C14H24N2/c1-4-5-6-8-12(2)16-13(3)14-9-7-10-15-11-14/h7,9-13,16H,4-6,8H2,1-3H3/t12?,13-/m1/s1. The Morgan fingerprint density at radius 2 is 2.12 bits per heavy atom. The third-order valence-electron chi connectivity index (χ3n) is 2.96. The Kier molecular flexibility index (Phi) is 6.09. The van der Waals surface area contributed by atoms with E-state index >= 15 is 0 Å². The van der Waals surface area contributed by atoms with E-state index in [2.05, 4.69) is 37.1 Å². The molecule has 0 amide bonds. The second kappa shape index (κ2) is 7.39. The number of aromatic nitrogens is 1. The van der Waals surface area contributed by atoms with Crippen LogP contribution in [0.15, 0.2) is 24.5 Å². The van der Waals surface area contributed by atoms with Crippen molar-refractivity contribution in [3.05, 3.63) is 30.1 Å². The molecule has 1 aromatic heterocycles. The van der Waals surface area contributed by atoms with Gasteiger partial charge in [-0.3, -0.25) is 4.98 Å². The van der Waals surface area contributed by atoms with Crippen molar-refractivity contribution >= 4 is 0 Å². The number of hydrogen-bond acceptors (Lipinski definition) is 2. The Bertz CT molecular complexity index is 271. The van der Waals surface area contributed by atoms with E-state index in [1.54, 1.807) is 0 Å². The predicted octanol–water partition coefficient (Wildman–Crippen LogP) is 3.70. The lowest BCUT2D eigenvalue weighted by Gasteiger charge is -2.20. The summed E-state index contributed by atoms with van der Waals surface area (Å²) in [6.07, 6.45) is 8.98. The minimum absolute atomic E-state index is 0.394. The molecule has 0 saturated carbocycles. The molecule has 0 bridgehead atoms. The number of unbranched alkanes of at least 4 members (excludes halogenated alkanes) is 2. The highest BCUT2D eigenvalue weighted by Crippen LogP contribution is 2.12. The fourth-order valence-electron chi connectivity index (χ4n) is 1.94. The van der Waals surface area contributed by atoms with Crippen LogP contribution in [-0.2, 0) is 0 Å². The van der Waals surface area contributed by atoms with Crippen molar-refractivity contribution in [3.63, 3.8) is 0 Å². The monoisotopic (exact) mass is 220 g/mol. The van der Waals surface area contributed by atoms with Crippen molar-refractivity contribution in [2.75, 3.05) is 0 Å². The van der Waals surface area contributed by atoms with Gasteiger partial charge in [0, 0.05) is 24.5 Å². The third-order valence-corrected chi connectivity index (χ3v) is 2.96. The van der Waals surface area contributed by atoms with Gasteiger partial charge in [-0.1, -0.05) is 32.3 Å². The molecule has 2 heteroatoms. The summed E-state index contributed by atoms with van der Waals surface area (Å²) < 4.78 is 0. The average molecular weight is 220 g/mol. The number of rotatable bonds is 7. The maximum absolute atomic E-state index is 4.15. The lowest BCUT2D eigenvalue weighted by atomic mass is 10.1. The van der Waals surface area contributed by atoms with Gasteiger partial charge in [-0.2, -0.15) is 0 Å². The van der Waals surface area contributed by atoms with E-state index in [0.717, 1.165) is 0 Å². The zero-order chi connectivity index (χ0) is 11.8. The van der Waals surface area contributed by atoms with E-state index < -0.39 is 0 Å². The molecule has 0 spiro atoms. The molecule has 0 saturated heterocycles. The predicted molar refractivity (Wildman–Crippen MR) is 69.4 cm³/mol. The fourth-order valence-corrected chi connectivity index (χ4v) is 1.94. The van der Waals surface area contributed by atoms with Gasteiger partial charge >= 0.3 is 0 Å². The normalized spacial score (nSPS) is 14.7. The molecule has 0 aliphatic carbocycles. The first-order valence-electron chi connectivity index (χ1n) is 6.40. The molecular formula is C14H24N2. The van der Waals surface area contributed by atoms with Gasteiger partial charge in [-0.15, -0.1) is 0 Å². The van der Waals surface area contributed by atoms with Crippen LogP contribution < -0.4 is 5.32 Å². The minimum atomic E-state index is 0.394. The smallest absolute Gasteiger partial charge is 0.0315 e. The summed E-state index contributed by atoms with van der Waals surface area (Å²) in [4.78, 5) is 4.15. The van der Waals surface area contributed by atoms with Gasteiger partial charge in [0.15, 0.2) is 0 Å². The van der Waals surface area contributed by atoms with E-state index in [-0.39, 0.29) is 0 Å². The molecule has 0 radical (unpaired) electrons. The highest BCUT2D eigenvalue weighted by Gasteiger charge is 2.08. The Balaban J connectivity index is 2.31. The van der Waals surface area contributed by atoms with Crippen molar-refractivity contribution in [2.24, 2.45) is 0 Å². The maximum Gasteiger partial charge on any atom is 0.0315 e. The quantitative estimate of drug-likeness (QED) is 0.709. The van der Waals surface area contributed by atoms with E-state index in [1.165, 1.54) is 31.2 Å². The first kappa shape index (κ1) is 13.2. The molecule has 1 heterocycles. The van der Waals surface area contributed by atoms with Crippen LogP contribution in [-0.4, -0.2) is 11.0 Å². The molecule has 1 aromatic rings. The minimum Gasteiger partial charge on any atom is -0.308 e. The average Bonchev–Trinajstić information content (AvgIpc) is 2.30. The number of nitrogens with zero attached hydrogens (tertiary/aromatic N) is 1. The van der Waals surface area contributed by atoms with Crippen LogP contribution in [0.1, 0.15) is 58.1 Å². The summed E-state index contributed by atoms with van der Waals surface area (Å²) >= 11 is 0. The zero-order valence-corrected chi connectivity index (χ0v) is 10.7. The highest BCUT2D eigenvalue weighted by atomic mass is 14.9. The first-order chi connectivity index (χ1) is 7.74. The molecular weight excluding hydrogens is 196 g/mol. The Labute approximate surface area is 99.5 Å². The summed E-state index contributed by atoms with van der Waals surface area (Å²) in [7, 11) is 0. The summed E-state index contributed by atoms with van der Waals surface area (Å²) in [5, 5.41) is 3.62. The largest absolute Gasteiger partial charge is 0.308 e. The van der Waals surface area contributed by atoms with Gasteiger partial charge in [0.05, 0.1) is 0 Å². The Morgan fingerprint density at radius 1 is 1.31 bits per heavy atom. The lowest BCUT2D eigenvalue weighted by molar-refractivity contribution is 0.439. The van der Waals surface area contributed by atoms with Gasteiger partial charge in [0.1, 0.15) is 0 Å². The first-order valence-corrected chi connectivity index (χ1v) is 6.40. The van der Waals surface area contributed by atoms with Gasteiger partial charge in [0.25, 0.3) is 0 Å². The SMILES string of the molecule is CCCCCC(C)N[C@H](C)c1cccnc1. The van der Waals surface area contributed by atoms with Crippen LogP contribution in [0.4, 0.5) is 0 Å². The molecule has 0 aliphatic rings. The Morgan fingerprint density at radius 3 is 2.75 bits per heavy atom. The molecule has 16 heavy (non-hydrogen) atoms. The molecule has 0 aromatic carbocycles. The summed E-state index contributed by atoms with van der Waals surface area (Å²) in [6, 6.07) is 5.10. The summed E-state index contributed by atoms with van der Waals surface area (Å²) in [5.74, 6) is 0. The molecule has 0 fully saturated rings. The second-order valence-electron chi connectivity index (χ2n) is 4.57. The van der Waals surface area contributed by atoms with Crippen molar-refractivity contribution in [1.82, 2.24) is 10.3 Å². The number of nitrogens with one attached hydrogen (secondary N) is 1. The topological polar surface area (TPSA) is 24.9 Å². The van der Waals surface area contributed by atoms with Crippen molar-refractivity contribution < 1.29 is 0 Å². The van der Waals surface area contributed by atoms with Crippen molar-refractivity contribution in [1.29, 1.82) is 0 Å². The molecule has 2 atom stereocenters. The van der Waals surface area contributed by atoms with E-state index in [1.807, 2.05) is 18.5 Å². The van der Waals surface area contributed by atoms with Crippen LogP contribution in [0.25, 0.3) is 0 Å². The molecule has 90 valence electrons. The molecule has 2 nitrogen and oxygen atoms in total. The van der Waals surface area contributed by atoms with E-state index in [9.17, 15) is 0 Å². The number of hydrogen-bond donors (Lipinski definition) is 1. The van der Waals surface area contributed by atoms with Crippen LogP contribution in [0.2, 0.25) is 0 Å². The van der Waals surface area contributed by atoms with Crippen molar-refractivity contribution in [3.8, 4) is 0 Å². The van der Waals surface area contributed by atoms with Gasteiger partial charge in [0.2, 0.25) is 0 Å². The fraction of sp³-hybridized carbons (Fsp3) is 0.643.